The van der Waals surface area contributed by atoms with Crippen LogP contribution in [0.1, 0.15) is 25.7 Å². The summed E-state index contributed by atoms with van der Waals surface area (Å²) in [6.45, 7) is 4.58. The molecule has 3 fully saturated rings. The number of anilines is 1. The Kier molecular flexibility index (Phi) is 5.98. The molecular formula is C23H30BrN5O4. The molecule has 1 spiro atoms. The predicted octanol–water partition coefficient (Wildman–Crippen LogP) is 3.45. The van der Waals surface area contributed by atoms with Crippen molar-refractivity contribution < 1.29 is 19.4 Å². The Morgan fingerprint density at radius 2 is 2.00 bits per heavy atom. The predicted molar refractivity (Wildman–Crippen MR) is 128 cm³/mol. The third kappa shape index (κ3) is 4.30. The summed E-state index contributed by atoms with van der Waals surface area (Å²) >= 11 is 3.57. The number of benzene rings is 1. The van der Waals surface area contributed by atoms with Gasteiger partial charge in [0.1, 0.15) is 18.2 Å². The molecule has 1 amide bonds. The van der Waals surface area contributed by atoms with E-state index in [0.29, 0.717) is 31.7 Å². The zero-order valence-corrected chi connectivity index (χ0v) is 20.7. The highest BCUT2D eigenvalue weighted by Gasteiger charge is 2.47. The van der Waals surface area contributed by atoms with Crippen molar-refractivity contribution in [2.45, 2.75) is 31.7 Å². The number of carbonyl (C=O) groups is 1. The Hall–Kier alpha value is -2.33. The number of amides is 1. The highest BCUT2D eigenvalue weighted by Crippen LogP contribution is 2.43. The lowest BCUT2D eigenvalue weighted by Gasteiger charge is -2.53. The molecule has 4 heterocycles. The summed E-state index contributed by atoms with van der Waals surface area (Å²) in [7, 11) is 3.78. The monoisotopic (exact) mass is 519 g/mol. The van der Waals surface area contributed by atoms with Gasteiger partial charge in [0, 0.05) is 43.0 Å². The number of hydrogen-bond donors (Lipinski definition) is 1. The van der Waals surface area contributed by atoms with Gasteiger partial charge in [0.2, 0.25) is 0 Å². The number of likely N-dealkylation sites (tertiary alicyclic amines) is 2. The molecule has 0 saturated carbocycles. The van der Waals surface area contributed by atoms with Crippen LogP contribution in [0, 0.1) is 5.41 Å². The lowest BCUT2D eigenvalue weighted by molar-refractivity contribution is -0.00642. The topological polar surface area (TPSA) is 91.3 Å². The molecule has 1 N–H and O–H groups in total. The molecule has 1 aromatic heterocycles. The number of likely N-dealkylation sites (N-methyl/N-ethyl adjacent to an activating group) is 1. The van der Waals surface area contributed by atoms with Gasteiger partial charge in [0.15, 0.2) is 0 Å². The number of ether oxygens (including phenoxy) is 2. The maximum atomic E-state index is 11.2. The van der Waals surface area contributed by atoms with Gasteiger partial charge in [0.25, 0.3) is 0 Å². The molecule has 0 bridgehead atoms. The number of carboxylic acid groups (broad SMARTS) is 1. The highest BCUT2D eigenvalue weighted by atomic mass is 79.9. The Morgan fingerprint density at radius 3 is 2.64 bits per heavy atom. The molecule has 1 aromatic carbocycles. The fourth-order valence-corrected chi connectivity index (χ4v) is 5.82. The number of nitrogens with zero attached hydrogens (tertiary/aromatic N) is 5. The molecule has 0 unspecified atom stereocenters. The molecular weight excluding hydrogens is 490 g/mol. The van der Waals surface area contributed by atoms with Gasteiger partial charge >= 0.3 is 12.1 Å². The third-order valence-corrected chi connectivity index (χ3v) is 8.07. The molecule has 2 aromatic rings. The van der Waals surface area contributed by atoms with Crippen molar-refractivity contribution in [2.24, 2.45) is 5.41 Å². The molecule has 3 saturated heterocycles. The van der Waals surface area contributed by atoms with E-state index in [4.69, 9.17) is 19.4 Å². The molecule has 33 heavy (non-hydrogen) atoms. The number of aromatic nitrogens is 2. The summed E-state index contributed by atoms with van der Waals surface area (Å²) in [4.78, 5) is 26.9. The molecule has 178 valence electrons. The Morgan fingerprint density at radius 1 is 1.24 bits per heavy atom. The second-order valence-corrected chi connectivity index (χ2v) is 10.4. The minimum Gasteiger partial charge on any atom is -0.496 e. The SMILES string of the molecule is COc1cc2c(N3CCC4(CC3)CN(C(=O)O)C4)nc(OC[C@H]3CCCN3C)nc2cc1Br. The molecule has 10 heteroatoms. The first kappa shape index (κ1) is 22.5. The van der Waals surface area contributed by atoms with Gasteiger partial charge in [-0.15, -0.1) is 0 Å². The quantitative estimate of drug-likeness (QED) is 0.642. The van der Waals surface area contributed by atoms with Gasteiger partial charge in [-0.1, -0.05) is 0 Å². The fourth-order valence-electron chi connectivity index (χ4n) is 5.32. The van der Waals surface area contributed by atoms with E-state index >= 15 is 0 Å². The maximum absolute atomic E-state index is 11.2. The smallest absolute Gasteiger partial charge is 0.407 e. The zero-order valence-electron chi connectivity index (χ0n) is 19.1. The van der Waals surface area contributed by atoms with Crippen LogP contribution in [0.2, 0.25) is 0 Å². The third-order valence-electron chi connectivity index (χ3n) is 7.45. The lowest BCUT2D eigenvalue weighted by Crippen LogP contribution is -2.61. The highest BCUT2D eigenvalue weighted by molar-refractivity contribution is 9.10. The molecule has 0 radical (unpaired) electrons. The minimum absolute atomic E-state index is 0.102. The summed E-state index contributed by atoms with van der Waals surface area (Å²) in [5, 5.41) is 10.1. The average Bonchev–Trinajstić information content (AvgIpc) is 3.19. The summed E-state index contributed by atoms with van der Waals surface area (Å²) in [6.07, 6.45) is 3.38. The molecule has 9 nitrogen and oxygen atoms in total. The Bertz CT molecular complexity index is 1050. The standard InChI is InChI=1S/C23H30BrN5O4/c1-27-7-3-4-15(27)12-33-21-25-18-11-17(24)19(32-2)10-16(18)20(26-21)28-8-5-23(6-9-28)13-29(14-23)22(30)31/h10-11,15H,3-9,12-14H2,1-2H3,(H,30,31)/t15-/m1/s1. The Balaban J connectivity index is 1.40. The number of halogens is 1. The van der Waals surface area contributed by atoms with E-state index in [1.165, 1.54) is 11.3 Å². The van der Waals surface area contributed by atoms with Gasteiger partial charge < -0.3 is 29.3 Å². The number of hydrogen-bond acceptors (Lipinski definition) is 7. The number of piperidine rings is 1. The first-order chi connectivity index (χ1) is 15.9. The first-order valence-corrected chi connectivity index (χ1v) is 12.3. The van der Waals surface area contributed by atoms with Crippen LogP contribution in [0.5, 0.6) is 11.8 Å². The maximum Gasteiger partial charge on any atom is 0.407 e. The van der Waals surface area contributed by atoms with Crippen LogP contribution in [-0.2, 0) is 0 Å². The van der Waals surface area contributed by atoms with E-state index in [1.54, 1.807) is 7.11 Å². The summed E-state index contributed by atoms with van der Waals surface area (Å²) in [5.74, 6) is 1.59. The van der Waals surface area contributed by atoms with E-state index < -0.39 is 6.09 Å². The van der Waals surface area contributed by atoms with Crippen molar-refractivity contribution >= 4 is 38.7 Å². The first-order valence-electron chi connectivity index (χ1n) is 11.5. The normalized spacial score (nSPS) is 22.6. The summed E-state index contributed by atoms with van der Waals surface area (Å²) in [6, 6.07) is 4.72. The van der Waals surface area contributed by atoms with Crippen molar-refractivity contribution in [3.05, 3.63) is 16.6 Å². The fraction of sp³-hybridized carbons (Fsp3) is 0.609. The van der Waals surface area contributed by atoms with Crippen molar-refractivity contribution in [1.29, 1.82) is 0 Å². The lowest BCUT2D eigenvalue weighted by atomic mass is 9.72. The minimum atomic E-state index is -0.822. The van der Waals surface area contributed by atoms with Crippen LogP contribution < -0.4 is 14.4 Å². The van der Waals surface area contributed by atoms with E-state index in [-0.39, 0.29) is 5.41 Å². The van der Waals surface area contributed by atoms with E-state index in [1.807, 2.05) is 12.1 Å². The number of methoxy groups -OCH3 is 1. The van der Waals surface area contributed by atoms with Gasteiger partial charge in [0.05, 0.1) is 17.1 Å². The second-order valence-electron chi connectivity index (χ2n) is 9.55. The second kappa shape index (κ2) is 8.79. The molecule has 3 aliphatic heterocycles. The Labute approximate surface area is 201 Å². The summed E-state index contributed by atoms with van der Waals surface area (Å²) < 4.78 is 12.5. The van der Waals surface area contributed by atoms with E-state index in [0.717, 1.165) is 65.8 Å². The van der Waals surface area contributed by atoms with Crippen LogP contribution >= 0.6 is 15.9 Å². The van der Waals surface area contributed by atoms with Gasteiger partial charge in [-0.3, -0.25) is 0 Å². The van der Waals surface area contributed by atoms with Crippen LogP contribution in [0.3, 0.4) is 0 Å². The number of fused-ring (bicyclic) bond motifs is 1. The van der Waals surface area contributed by atoms with Crippen molar-refractivity contribution in [1.82, 2.24) is 19.8 Å². The molecule has 3 aliphatic rings. The number of rotatable bonds is 5. The van der Waals surface area contributed by atoms with Crippen molar-refractivity contribution in [2.75, 3.05) is 58.4 Å². The summed E-state index contributed by atoms with van der Waals surface area (Å²) in [5.41, 5.74) is 0.911. The zero-order chi connectivity index (χ0) is 23.2. The van der Waals surface area contributed by atoms with E-state index in [2.05, 4.69) is 32.8 Å². The van der Waals surface area contributed by atoms with Gasteiger partial charge in [-0.25, -0.2) is 4.79 Å². The molecule has 0 aliphatic carbocycles. The van der Waals surface area contributed by atoms with Crippen LogP contribution in [0.15, 0.2) is 16.6 Å². The van der Waals surface area contributed by atoms with Crippen molar-refractivity contribution in [3.63, 3.8) is 0 Å². The van der Waals surface area contributed by atoms with Crippen molar-refractivity contribution in [3.8, 4) is 11.8 Å². The van der Waals surface area contributed by atoms with Gasteiger partial charge in [-0.2, -0.15) is 9.97 Å². The van der Waals surface area contributed by atoms with Crippen LogP contribution in [0.4, 0.5) is 10.6 Å². The van der Waals surface area contributed by atoms with Crippen LogP contribution in [0.25, 0.3) is 10.9 Å². The molecule has 1 atom stereocenters. The molecule has 5 rings (SSSR count). The average molecular weight is 520 g/mol. The largest absolute Gasteiger partial charge is 0.496 e. The van der Waals surface area contributed by atoms with Crippen LogP contribution in [-0.4, -0.2) is 90.5 Å². The van der Waals surface area contributed by atoms with Gasteiger partial charge in [-0.05, 0) is 67.3 Å². The van der Waals surface area contributed by atoms with E-state index in [9.17, 15) is 9.90 Å².